The maximum atomic E-state index is 4.92. The van der Waals surface area contributed by atoms with Gasteiger partial charge in [-0.2, -0.15) is 0 Å². The molecule has 0 fully saturated rings. The maximum absolute atomic E-state index is 4.92. The van der Waals surface area contributed by atoms with Crippen molar-refractivity contribution in [1.82, 2.24) is 29.9 Å². The Labute approximate surface area is 510 Å². The third-order valence-electron chi connectivity index (χ3n) is 15.0. The van der Waals surface area contributed by atoms with Gasteiger partial charge in [0.05, 0.1) is 34.2 Å². The number of hydrogen-bond acceptors (Lipinski definition) is 6. The molecule has 416 valence electrons. The molecule has 87 heavy (non-hydrogen) atoms. The molecule has 3 aromatic heterocycles. The molecule has 0 aliphatic rings. The van der Waals surface area contributed by atoms with E-state index in [2.05, 4.69) is 273 Å². The van der Waals surface area contributed by atoms with E-state index >= 15 is 0 Å². The van der Waals surface area contributed by atoms with Gasteiger partial charge in [-0.1, -0.05) is 314 Å². The molecule has 0 aliphatic heterocycles. The largest absolute Gasteiger partial charge is 0.233 e. The maximum Gasteiger partial charge on any atom is 0.160 e. The van der Waals surface area contributed by atoms with Gasteiger partial charge in [0.2, 0.25) is 0 Å². The van der Waals surface area contributed by atoms with Crippen molar-refractivity contribution >= 4 is 0 Å². The van der Waals surface area contributed by atoms with Crippen LogP contribution >= 0.6 is 0 Å². The number of benzene rings is 11. The Morgan fingerprint density at radius 1 is 0.161 bits per heavy atom. The quantitative estimate of drug-likeness (QED) is 0.128. The second kappa shape index (κ2) is 26.9. The lowest BCUT2D eigenvalue weighted by Gasteiger charge is -2.10. The predicted octanol–water partition coefficient (Wildman–Crippen LogP) is 20.7. The lowest BCUT2D eigenvalue weighted by molar-refractivity contribution is 1.06. The highest BCUT2D eigenvalue weighted by molar-refractivity contribution is 5.77. The lowest BCUT2D eigenvalue weighted by Crippen LogP contribution is -1.96. The fraction of sp³-hybridized carbons (Fsp3) is 0.0370. The average Bonchev–Trinajstić information content (AvgIpc) is 3.75. The molecule has 6 heteroatoms. The van der Waals surface area contributed by atoms with E-state index in [0.717, 1.165) is 96.1 Å². The molecule has 6 nitrogen and oxygen atoms in total. The van der Waals surface area contributed by atoms with Gasteiger partial charge in [0.15, 0.2) is 11.6 Å². The molecule has 0 atom stereocenters. The first-order valence-electron chi connectivity index (χ1n) is 29.2. The van der Waals surface area contributed by atoms with E-state index in [0.29, 0.717) is 0 Å². The SMILES string of the molecule is Cc1ccc(-c2cc(-c3ccc(-c4ccccc4)cc3)nc(-c3ccccc3)n2)cc1.Cc1ccc(-c2nc(-c3ccccc3)cc(-c3ccc(-c4ccccc4)cc3)n2)cc1.Cc1nc(-c2ccccc2)cc(-c2ccc(-c3ccccc3)cc2)n1. The molecule has 0 spiro atoms. The zero-order valence-corrected chi connectivity index (χ0v) is 48.8. The third-order valence-corrected chi connectivity index (χ3v) is 15.0. The number of hydrogen-bond donors (Lipinski definition) is 0. The number of nitrogens with zero attached hydrogens (tertiary/aromatic N) is 6. The van der Waals surface area contributed by atoms with Gasteiger partial charge in [-0.3, -0.25) is 0 Å². The monoisotopic (exact) mass is 1120 g/mol. The summed E-state index contributed by atoms with van der Waals surface area (Å²) >= 11 is 0. The fourth-order valence-corrected chi connectivity index (χ4v) is 10.2. The molecular formula is C81H62N6. The molecule has 14 rings (SSSR count). The van der Waals surface area contributed by atoms with Crippen molar-refractivity contribution in [3.8, 4) is 124 Å². The van der Waals surface area contributed by atoms with Crippen LogP contribution < -0.4 is 0 Å². The lowest BCUT2D eigenvalue weighted by atomic mass is 10.0. The smallest absolute Gasteiger partial charge is 0.160 e. The van der Waals surface area contributed by atoms with Gasteiger partial charge in [-0.25, -0.2) is 29.9 Å². The summed E-state index contributed by atoms with van der Waals surface area (Å²) in [6.45, 7) is 6.12. The molecule has 14 aromatic rings. The van der Waals surface area contributed by atoms with E-state index in [9.17, 15) is 0 Å². The van der Waals surface area contributed by atoms with Gasteiger partial charge in [0, 0.05) is 44.5 Å². The molecule has 0 bridgehead atoms. The summed E-state index contributed by atoms with van der Waals surface area (Å²) in [5, 5.41) is 0. The molecule has 0 amide bonds. The van der Waals surface area contributed by atoms with Crippen LogP contribution in [0.4, 0.5) is 0 Å². The Kier molecular flexibility index (Phi) is 17.4. The van der Waals surface area contributed by atoms with Crippen LogP contribution in [-0.4, -0.2) is 29.9 Å². The summed E-state index contributed by atoms with van der Waals surface area (Å²) in [6, 6.07) is 111. The highest BCUT2D eigenvalue weighted by Crippen LogP contribution is 2.33. The average molecular weight is 1120 g/mol. The number of aryl methyl sites for hydroxylation is 3. The van der Waals surface area contributed by atoms with Crippen LogP contribution in [0.25, 0.3) is 124 Å². The summed E-state index contributed by atoms with van der Waals surface area (Å²) in [4.78, 5) is 28.8. The van der Waals surface area contributed by atoms with Crippen LogP contribution in [0.15, 0.2) is 322 Å². The molecule has 3 heterocycles. The van der Waals surface area contributed by atoms with Gasteiger partial charge in [-0.05, 0) is 72.4 Å². The third kappa shape index (κ3) is 14.2. The van der Waals surface area contributed by atoms with Crippen molar-refractivity contribution in [1.29, 1.82) is 0 Å². The second-order valence-electron chi connectivity index (χ2n) is 21.3. The first kappa shape index (κ1) is 56.2. The van der Waals surface area contributed by atoms with Crippen molar-refractivity contribution in [2.24, 2.45) is 0 Å². The molecule has 0 aliphatic carbocycles. The van der Waals surface area contributed by atoms with E-state index in [4.69, 9.17) is 19.9 Å². The fourth-order valence-electron chi connectivity index (χ4n) is 10.2. The molecule has 0 radical (unpaired) electrons. The normalized spacial score (nSPS) is 10.7. The standard InChI is InChI=1S/2C29H22N2.C23H18N2/c1-21-12-14-24(15-13-21)27-20-28(31-29(30-27)26-10-6-3-7-11-26)25-18-16-23(17-19-25)22-8-4-2-5-9-22;1-21-12-14-26(15-13-21)29-30-27(24-10-6-3-7-11-24)20-28(31-29)25-18-16-23(17-19-25)22-8-4-2-5-9-22;1-17-24-22(20-10-6-3-7-11-20)16-23(25-17)21-14-12-19(13-15-21)18-8-4-2-5-9-18/h2*2-20H,1H3;2-16H,1H3. The van der Waals surface area contributed by atoms with Crippen LogP contribution in [0.1, 0.15) is 17.0 Å². The minimum atomic E-state index is 0.737. The zero-order valence-electron chi connectivity index (χ0n) is 48.8. The summed E-state index contributed by atoms with van der Waals surface area (Å²) in [7, 11) is 0. The van der Waals surface area contributed by atoms with E-state index < -0.39 is 0 Å². The van der Waals surface area contributed by atoms with Crippen molar-refractivity contribution in [3.05, 3.63) is 338 Å². The van der Waals surface area contributed by atoms with Crippen molar-refractivity contribution < 1.29 is 0 Å². The van der Waals surface area contributed by atoms with Gasteiger partial charge >= 0.3 is 0 Å². The van der Waals surface area contributed by atoms with Crippen LogP contribution in [0.2, 0.25) is 0 Å². The predicted molar refractivity (Wildman–Crippen MR) is 360 cm³/mol. The van der Waals surface area contributed by atoms with Crippen molar-refractivity contribution in [2.75, 3.05) is 0 Å². The molecule has 11 aromatic carbocycles. The van der Waals surface area contributed by atoms with E-state index in [1.54, 1.807) is 0 Å². The van der Waals surface area contributed by atoms with Crippen molar-refractivity contribution in [2.45, 2.75) is 20.8 Å². The second-order valence-corrected chi connectivity index (χ2v) is 21.3. The first-order valence-corrected chi connectivity index (χ1v) is 29.2. The van der Waals surface area contributed by atoms with Crippen LogP contribution in [0, 0.1) is 20.8 Å². The van der Waals surface area contributed by atoms with Gasteiger partial charge in [0.25, 0.3) is 0 Å². The first-order chi connectivity index (χ1) is 42.8. The zero-order chi connectivity index (χ0) is 59.2. The summed E-state index contributed by atoms with van der Waals surface area (Å²) in [5.41, 5.74) is 23.9. The summed E-state index contributed by atoms with van der Waals surface area (Å²) in [5.74, 6) is 2.26. The molecule has 0 N–H and O–H groups in total. The Hall–Kier alpha value is -11.3. The van der Waals surface area contributed by atoms with Gasteiger partial charge < -0.3 is 0 Å². The highest BCUT2D eigenvalue weighted by Gasteiger charge is 2.14. The minimum absolute atomic E-state index is 0.737. The van der Waals surface area contributed by atoms with Crippen LogP contribution in [0.5, 0.6) is 0 Å². The molecule has 0 saturated heterocycles. The summed E-state index contributed by atoms with van der Waals surface area (Å²) < 4.78 is 0. The molecule has 0 saturated carbocycles. The number of aromatic nitrogens is 6. The minimum Gasteiger partial charge on any atom is -0.233 e. The summed E-state index contributed by atoms with van der Waals surface area (Å²) in [6.07, 6.45) is 0. The van der Waals surface area contributed by atoms with E-state index in [1.165, 1.54) is 44.5 Å². The molecule has 0 unspecified atom stereocenters. The topological polar surface area (TPSA) is 77.3 Å². The van der Waals surface area contributed by atoms with Crippen LogP contribution in [-0.2, 0) is 0 Å². The van der Waals surface area contributed by atoms with E-state index in [1.807, 2.05) is 79.7 Å². The van der Waals surface area contributed by atoms with Crippen molar-refractivity contribution in [3.63, 3.8) is 0 Å². The van der Waals surface area contributed by atoms with Gasteiger partial charge in [-0.15, -0.1) is 0 Å². The number of rotatable bonds is 11. The Balaban J connectivity index is 0.000000128. The van der Waals surface area contributed by atoms with Crippen LogP contribution in [0.3, 0.4) is 0 Å². The highest BCUT2D eigenvalue weighted by atomic mass is 14.9. The Bertz CT molecular complexity index is 4280. The molecular weight excluding hydrogens is 1060 g/mol. The Morgan fingerprint density at radius 3 is 0.609 bits per heavy atom. The Morgan fingerprint density at radius 2 is 0.333 bits per heavy atom. The van der Waals surface area contributed by atoms with Gasteiger partial charge in [0.1, 0.15) is 5.82 Å². The van der Waals surface area contributed by atoms with E-state index in [-0.39, 0.29) is 0 Å².